The molecule has 158 valence electrons. The van der Waals surface area contributed by atoms with Crippen molar-refractivity contribution in [1.82, 2.24) is 19.8 Å². The van der Waals surface area contributed by atoms with E-state index in [0.29, 0.717) is 60.8 Å². The molecule has 1 N–H and O–H groups in total. The number of piperazine rings is 1. The number of fused-ring (bicyclic) bond motifs is 2. The van der Waals surface area contributed by atoms with E-state index in [1.54, 1.807) is 30.2 Å². The number of rotatable bonds is 4. The van der Waals surface area contributed by atoms with Gasteiger partial charge >= 0.3 is 0 Å². The number of H-pyrrole nitrogens is 1. The van der Waals surface area contributed by atoms with Gasteiger partial charge in [-0.2, -0.15) is 0 Å². The van der Waals surface area contributed by atoms with Crippen molar-refractivity contribution >= 4 is 27.8 Å². The zero-order valence-corrected chi connectivity index (χ0v) is 17.1. The Morgan fingerprint density at radius 2 is 1.94 bits per heavy atom. The minimum absolute atomic E-state index is 0.118. The maximum Gasteiger partial charge on any atom is 0.289 e. The molecule has 4 aromatic rings. The topological polar surface area (TPSA) is 91.7 Å². The summed E-state index contributed by atoms with van der Waals surface area (Å²) in [5.41, 5.74) is 1.22. The summed E-state index contributed by atoms with van der Waals surface area (Å²) in [5, 5.41) is 1.43. The third-order valence-electron chi connectivity index (χ3n) is 5.63. The molecule has 2 aromatic heterocycles. The average molecular weight is 418 g/mol. The molecule has 0 bridgehead atoms. The fraction of sp³-hybridized carbons (Fsp3) is 0.261. The van der Waals surface area contributed by atoms with Crippen molar-refractivity contribution in [2.45, 2.75) is 6.54 Å². The number of aromatic nitrogens is 2. The lowest BCUT2D eigenvalue weighted by Crippen LogP contribution is -2.48. The molecule has 1 aliphatic rings. The van der Waals surface area contributed by atoms with Crippen molar-refractivity contribution < 1.29 is 13.9 Å². The fourth-order valence-corrected chi connectivity index (χ4v) is 3.94. The molecule has 1 fully saturated rings. The van der Waals surface area contributed by atoms with Crippen molar-refractivity contribution in [1.29, 1.82) is 0 Å². The summed E-state index contributed by atoms with van der Waals surface area (Å²) in [5.74, 6) is 1.57. The van der Waals surface area contributed by atoms with Gasteiger partial charge in [0.25, 0.3) is 11.5 Å². The number of amides is 1. The molecule has 2 aromatic carbocycles. The number of ether oxygens (including phenoxy) is 1. The van der Waals surface area contributed by atoms with E-state index in [0.717, 1.165) is 11.1 Å². The van der Waals surface area contributed by atoms with Crippen LogP contribution >= 0.6 is 0 Å². The average Bonchev–Trinajstić information content (AvgIpc) is 3.22. The van der Waals surface area contributed by atoms with Crippen LogP contribution < -0.4 is 10.3 Å². The van der Waals surface area contributed by atoms with E-state index >= 15 is 0 Å². The highest BCUT2D eigenvalue weighted by Gasteiger charge is 2.25. The third-order valence-corrected chi connectivity index (χ3v) is 5.63. The third kappa shape index (κ3) is 3.77. The molecule has 1 saturated heterocycles. The molecule has 0 aliphatic carbocycles. The second-order valence-corrected chi connectivity index (χ2v) is 7.61. The van der Waals surface area contributed by atoms with Gasteiger partial charge in [-0.1, -0.05) is 12.1 Å². The standard InChI is InChI=1S/C23H22N4O4/c1-30-16-6-7-19-15(12-16)13-20(31-19)23(29)27-10-8-26(9-11-27)14-21-24-18-5-3-2-4-17(18)22(28)25-21/h2-7,12-13H,8-11,14H2,1H3,(H,24,25,28). The van der Waals surface area contributed by atoms with E-state index in [-0.39, 0.29) is 11.5 Å². The van der Waals surface area contributed by atoms with Gasteiger partial charge < -0.3 is 19.0 Å². The monoisotopic (exact) mass is 418 g/mol. The maximum absolute atomic E-state index is 12.9. The Morgan fingerprint density at radius 3 is 2.74 bits per heavy atom. The molecule has 3 heterocycles. The Balaban J connectivity index is 1.25. The van der Waals surface area contributed by atoms with Gasteiger partial charge in [-0.05, 0) is 36.4 Å². The molecule has 1 aliphatic heterocycles. The fourth-order valence-electron chi connectivity index (χ4n) is 3.94. The Bertz CT molecular complexity index is 1320. The molecular weight excluding hydrogens is 396 g/mol. The van der Waals surface area contributed by atoms with E-state index in [9.17, 15) is 9.59 Å². The quantitative estimate of drug-likeness (QED) is 0.548. The molecular formula is C23H22N4O4. The lowest BCUT2D eigenvalue weighted by molar-refractivity contribution is 0.0597. The zero-order chi connectivity index (χ0) is 21.4. The first-order valence-electron chi connectivity index (χ1n) is 10.2. The molecule has 0 unspecified atom stereocenters. The predicted molar refractivity (Wildman–Crippen MR) is 116 cm³/mol. The van der Waals surface area contributed by atoms with E-state index in [1.807, 2.05) is 30.3 Å². The summed E-state index contributed by atoms with van der Waals surface area (Å²) in [7, 11) is 1.61. The largest absolute Gasteiger partial charge is 0.497 e. The van der Waals surface area contributed by atoms with Gasteiger partial charge in [0, 0.05) is 31.6 Å². The summed E-state index contributed by atoms with van der Waals surface area (Å²) < 4.78 is 11.0. The normalized spacial score (nSPS) is 14.9. The van der Waals surface area contributed by atoms with Crippen LogP contribution in [0.4, 0.5) is 0 Å². The Kier molecular flexibility index (Phi) is 4.91. The highest BCUT2D eigenvalue weighted by Crippen LogP contribution is 2.25. The van der Waals surface area contributed by atoms with Crippen LogP contribution in [-0.2, 0) is 6.54 Å². The number of nitrogens with one attached hydrogen (secondary N) is 1. The number of carbonyl (C=O) groups is 1. The molecule has 1 amide bonds. The Morgan fingerprint density at radius 1 is 1.13 bits per heavy atom. The van der Waals surface area contributed by atoms with Crippen molar-refractivity contribution in [3.8, 4) is 5.75 Å². The van der Waals surface area contributed by atoms with Gasteiger partial charge in [-0.3, -0.25) is 14.5 Å². The smallest absolute Gasteiger partial charge is 0.289 e. The van der Waals surface area contributed by atoms with Gasteiger partial charge in [0.1, 0.15) is 17.2 Å². The van der Waals surface area contributed by atoms with E-state index in [4.69, 9.17) is 9.15 Å². The molecule has 0 radical (unpaired) electrons. The number of methoxy groups -OCH3 is 1. The summed E-state index contributed by atoms with van der Waals surface area (Å²) >= 11 is 0. The van der Waals surface area contributed by atoms with Crippen molar-refractivity contribution in [2.24, 2.45) is 0 Å². The number of benzene rings is 2. The number of hydrogen-bond donors (Lipinski definition) is 1. The van der Waals surface area contributed by atoms with Crippen molar-refractivity contribution in [3.05, 3.63) is 70.5 Å². The molecule has 31 heavy (non-hydrogen) atoms. The van der Waals surface area contributed by atoms with Gasteiger partial charge in [0.05, 0.1) is 24.6 Å². The van der Waals surface area contributed by atoms with Gasteiger partial charge in [-0.15, -0.1) is 0 Å². The molecule has 8 nitrogen and oxygen atoms in total. The lowest BCUT2D eigenvalue weighted by atomic mass is 10.2. The molecule has 5 rings (SSSR count). The van der Waals surface area contributed by atoms with E-state index in [1.165, 1.54) is 0 Å². The molecule has 0 atom stereocenters. The first-order chi connectivity index (χ1) is 15.1. The van der Waals surface area contributed by atoms with Crippen LogP contribution in [0.3, 0.4) is 0 Å². The van der Waals surface area contributed by atoms with Crippen LogP contribution in [0.1, 0.15) is 16.4 Å². The van der Waals surface area contributed by atoms with Crippen LogP contribution in [-0.4, -0.2) is 59.0 Å². The number of nitrogens with zero attached hydrogens (tertiary/aromatic N) is 3. The number of furan rings is 1. The van der Waals surface area contributed by atoms with E-state index < -0.39 is 0 Å². The summed E-state index contributed by atoms with van der Waals surface area (Å²) in [6.07, 6.45) is 0. The highest BCUT2D eigenvalue weighted by atomic mass is 16.5. The van der Waals surface area contributed by atoms with Crippen molar-refractivity contribution in [3.63, 3.8) is 0 Å². The summed E-state index contributed by atoms with van der Waals surface area (Å²) in [6, 6.07) is 14.5. The van der Waals surface area contributed by atoms with Crippen LogP contribution in [0.5, 0.6) is 5.75 Å². The van der Waals surface area contributed by atoms with Gasteiger partial charge in [0.15, 0.2) is 5.76 Å². The second-order valence-electron chi connectivity index (χ2n) is 7.61. The minimum Gasteiger partial charge on any atom is -0.497 e. The SMILES string of the molecule is COc1ccc2oc(C(=O)N3CCN(Cc4nc5ccccc5c(=O)[nH]4)CC3)cc2c1. The number of carbonyl (C=O) groups excluding carboxylic acids is 1. The predicted octanol–water partition coefficient (Wildman–Crippen LogP) is 2.64. The molecule has 0 spiro atoms. The van der Waals surface area contributed by atoms with Gasteiger partial charge in [-0.25, -0.2) is 4.98 Å². The lowest BCUT2D eigenvalue weighted by Gasteiger charge is -2.33. The minimum atomic E-state index is -0.129. The van der Waals surface area contributed by atoms with E-state index in [2.05, 4.69) is 14.9 Å². The van der Waals surface area contributed by atoms with Crippen LogP contribution in [0.15, 0.2) is 57.7 Å². The zero-order valence-electron chi connectivity index (χ0n) is 17.1. The first-order valence-corrected chi connectivity index (χ1v) is 10.2. The Labute approximate surface area is 178 Å². The van der Waals surface area contributed by atoms with Crippen LogP contribution in [0.25, 0.3) is 21.9 Å². The summed E-state index contributed by atoms with van der Waals surface area (Å²) in [4.78, 5) is 36.6. The molecule has 0 saturated carbocycles. The highest BCUT2D eigenvalue weighted by molar-refractivity contribution is 5.96. The van der Waals surface area contributed by atoms with Gasteiger partial charge in [0.2, 0.25) is 0 Å². The number of aromatic amines is 1. The van der Waals surface area contributed by atoms with Crippen LogP contribution in [0, 0.1) is 0 Å². The van der Waals surface area contributed by atoms with Crippen LogP contribution in [0.2, 0.25) is 0 Å². The maximum atomic E-state index is 12.9. The first kappa shape index (κ1) is 19.3. The second kappa shape index (κ2) is 7.88. The van der Waals surface area contributed by atoms with Crippen molar-refractivity contribution in [2.75, 3.05) is 33.3 Å². The Hall–Kier alpha value is -3.65. The number of para-hydroxylation sites is 1. The summed E-state index contributed by atoms with van der Waals surface area (Å²) in [6.45, 7) is 3.08. The molecule has 8 heteroatoms. The number of hydrogen-bond acceptors (Lipinski definition) is 6.